The van der Waals surface area contributed by atoms with Gasteiger partial charge in [0.2, 0.25) is 0 Å². The maximum absolute atomic E-state index is 5.55. The Morgan fingerprint density at radius 3 is 2.44 bits per heavy atom. The molecule has 0 saturated carbocycles. The molecule has 2 atom stereocenters. The molecule has 0 aliphatic rings. The van der Waals surface area contributed by atoms with Crippen LogP contribution in [0.5, 0.6) is 0 Å². The molecular formula is C19H29IN4O. The summed E-state index contributed by atoms with van der Waals surface area (Å²) in [5.41, 5.74) is 1.23. The summed E-state index contributed by atoms with van der Waals surface area (Å²) in [4.78, 5) is 6.87. The molecule has 1 aromatic carbocycles. The molecule has 5 nitrogen and oxygen atoms in total. The molecular weight excluding hydrogens is 427 g/mol. The number of rotatable bonds is 7. The van der Waals surface area contributed by atoms with E-state index in [4.69, 9.17) is 9.41 Å². The van der Waals surface area contributed by atoms with Crippen LogP contribution in [-0.2, 0) is 0 Å². The number of hydrogen-bond acceptors (Lipinski definition) is 3. The second-order valence-corrected chi connectivity index (χ2v) is 5.99. The molecule has 0 aliphatic heterocycles. The Bertz CT molecular complexity index is 614. The number of halogens is 1. The Morgan fingerprint density at radius 1 is 1.16 bits per heavy atom. The van der Waals surface area contributed by atoms with Crippen LogP contribution in [-0.4, -0.2) is 38.0 Å². The lowest BCUT2D eigenvalue weighted by atomic mass is 10.1. The monoisotopic (exact) mass is 456 g/mol. The fourth-order valence-electron chi connectivity index (χ4n) is 2.52. The van der Waals surface area contributed by atoms with Crippen molar-refractivity contribution in [2.45, 2.75) is 25.9 Å². The van der Waals surface area contributed by atoms with E-state index < -0.39 is 0 Å². The predicted molar refractivity (Wildman–Crippen MR) is 115 cm³/mol. The minimum Gasteiger partial charge on any atom is -0.468 e. The molecule has 2 unspecified atom stereocenters. The number of nitrogens with one attached hydrogen (secondary N) is 2. The van der Waals surface area contributed by atoms with Gasteiger partial charge in [0.25, 0.3) is 0 Å². The third kappa shape index (κ3) is 6.70. The van der Waals surface area contributed by atoms with Crippen LogP contribution in [0.4, 0.5) is 0 Å². The third-order valence-electron chi connectivity index (χ3n) is 3.91. The Hall–Kier alpha value is -1.54. The van der Waals surface area contributed by atoms with Gasteiger partial charge in [-0.15, -0.1) is 24.0 Å². The summed E-state index contributed by atoms with van der Waals surface area (Å²) in [6.45, 7) is 5.65. The van der Waals surface area contributed by atoms with Crippen molar-refractivity contribution in [3.05, 3.63) is 60.1 Å². The van der Waals surface area contributed by atoms with Crippen LogP contribution < -0.4 is 10.6 Å². The number of benzene rings is 1. The highest BCUT2D eigenvalue weighted by Gasteiger charge is 2.17. The van der Waals surface area contributed by atoms with Crippen molar-refractivity contribution in [2.75, 3.05) is 27.2 Å². The van der Waals surface area contributed by atoms with Gasteiger partial charge in [-0.3, -0.25) is 9.89 Å². The zero-order chi connectivity index (χ0) is 17.4. The summed E-state index contributed by atoms with van der Waals surface area (Å²) in [7, 11) is 4.07. The van der Waals surface area contributed by atoms with Gasteiger partial charge in [-0.2, -0.15) is 0 Å². The maximum atomic E-state index is 5.55. The molecule has 25 heavy (non-hydrogen) atoms. The summed E-state index contributed by atoms with van der Waals surface area (Å²) >= 11 is 0. The van der Waals surface area contributed by atoms with E-state index in [9.17, 15) is 0 Å². The number of nitrogens with zero attached hydrogens (tertiary/aromatic N) is 2. The van der Waals surface area contributed by atoms with Crippen molar-refractivity contribution in [2.24, 2.45) is 4.99 Å². The Morgan fingerprint density at radius 2 is 1.88 bits per heavy atom. The molecule has 2 aromatic rings. The topological polar surface area (TPSA) is 52.8 Å². The predicted octanol–water partition coefficient (Wildman–Crippen LogP) is 3.82. The van der Waals surface area contributed by atoms with E-state index in [1.165, 1.54) is 5.56 Å². The molecule has 6 heteroatoms. The lowest BCUT2D eigenvalue weighted by Crippen LogP contribution is -2.39. The summed E-state index contributed by atoms with van der Waals surface area (Å²) in [5.74, 6) is 1.74. The quantitative estimate of drug-likeness (QED) is 0.378. The van der Waals surface area contributed by atoms with E-state index in [1.54, 1.807) is 6.26 Å². The molecule has 138 valence electrons. The van der Waals surface area contributed by atoms with Crippen LogP contribution in [0, 0.1) is 0 Å². The number of hydrogen-bond donors (Lipinski definition) is 2. The molecule has 0 aliphatic carbocycles. The second kappa shape index (κ2) is 11.1. The van der Waals surface area contributed by atoms with E-state index in [0.717, 1.165) is 18.3 Å². The number of guanidine groups is 1. The minimum absolute atomic E-state index is 0. The number of likely N-dealkylation sites (N-methyl/N-ethyl adjacent to an activating group) is 1. The maximum Gasteiger partial charge on any atom is 0.191 e. The Balaban J connectivity index is 0.00000312. The second-order valence-electron chi connectivity index (χ2n) is 5.99. The van der Waals surface area contributed by atoms with E-state index >= 15 is 0 Å². The van der Waals surface area contributed by atoms with Crippen LogP contribution in [0.1, 0.15) is 37.3 Å². The van der Waals surface area contributed by atoms with Crippen LogP contribution in [0.25, 0.3) is 0 Å². The van der Waals surface area contributed by atoms with Crippen molar-refractivity contribution in [3.63, 3.8) is 0 Å². The average molecular weight is 456 g/mol. The smallest absolute Gasteiger partial charge is 0.191 e. The average Bonchev–Trinajstić information content (AvgIpc) is 3.09. The molecule has 1 aromatic heterocycles. The standard InChI is InChI=1S/C19H28N4O.HI/c1-5-20-19(22-15(2)16-10-7-6-8-11-16)21-14-17(23(3)4)18-12-9-13-24-18;/h6-13,15,17H,5,14H2,1-4H3,(H2,20,21,22);1H. The first-order valence-corrected chi connectivity index (χ1v) is 8.41. The van der Waals surface area contributed by atoms with Gasteiger partial charge in [0.05, 0.1) is 24.9 Å². The summed E-state index contributed by atoms with van der Waals surface area (Å²) in [6.07, 6.45) is 1.70. The number of furan rings is 1. The molecule has 1 heterocycles. The summed E-state index contributed by atoms with van der Waals surface area (Å²) in [5, 5.41) is 6.78. The number of aliphatic imine (C=N–C) groups is 1. The Labute approximate surface area is 167 Å². The van der Waals surface area contributed by atoms with Crippen LogP contribution in [0.3, 0.4) is 0 Å². The molecule has 0 fully saturated rings. The van der Waals surface area contributed by atoms with E-state index in [2.05, 4.69) is 53.6 Å². The zero-order valence-corrected chi connectivity index (χ0v) is 17.7. The molecule has 2 N–H and O–H groups in total. The highest BCUT2D eigenvalue weighted by Crippen LogP contribution is 2.19. The van der Waals surface area contributed by atoms with Crippen LogP contribution in [0.2, 0.25) is 0 Å². The van der Waals surface area contributed by atoms with E-state index in [0.29, 0.717) is 6.54 Å². The van der Waals surface area contributed by atoms with Gasteiger partial charge >= 0.3 is 0 Å². The van der Waals surface area contributed by atoms with E-state index in [-0.39, 0.29) is 36.1 Å². The molecule has 0 amide bonds. The van der Waals surface area contributed by atoms with Gasteiger partial charge < -0.3 is 15.1 Å². The fourth-order valence-corrected chi connectivity index (χ4v) is 2.52. The Kier molecular flexibility index (Phi) is 9.59. The highest BCUT2D eigenvalue weighted by atomic mass is 127. The molecule has 2 rings (SSSR count). The van der Waals surface area contributed by atoms with Gasteiger partial charge in [0.1, 0.15) is 5.76 Å². The normalized spacial score (nSPS) is 13.9. The van der Waals surface area contributed by atoms with Crippen molar-refractivity contribution < 1.29 is 4.42 Å². The van der Waals surface area contributed by atoms with Crippen molar-refractivity contribution >= 4 is 29.9 Å². The lowest BCUT2D eigenvalue weighted by Gasteiger charge is -2.22. The first-order valence-electron chi connectivity index (χ1n) is 8.41. The molecule has 0 saturated heterocycles. The first-order chi connectivity index (χ1) is 11.6. The van der Waals surface area contributed by atoms with Gasteiger partial charge in [0, 0.05) is 6.54 Å². The van der Waals surface area contributed by atoms with Crippen molar-refractivity contribution in [3.8, 4) is 0 Å². The largest absolute Gasteiger partial charge is 0.468 e. The van der Waals surface area contributed by atoms with Crippen molar-refractivity contribution in [1.82, 2.24) is 15.5 Å². The third-order valence-corrected chi connectivity index (χ3v) is 3.91. The summed E-state index contributed by atoms with van der Waals surface area (Å²) in [6, 6.07) is 14.6. The van der Waals surface area contributed by atoms with Gasteiger partial charge in [0.15, 0.2) is 5.96 Å². The van der Waals surface area contributed by atoms with Gasteiger partial charge in [-0.1, -0.05) is 30.3 Å². The molecule has 0 radical (unpaired) electrons. The van der Waals surface area contributed by atoms with Gasteiger partial charge in [-0.25, -0.2) is 0 Å². The van der Waals surface area contributed by atoms with Crippen molar-refractivity contribution in [1.29, 1.82) is 0 Å². The van der Waals surface area contributed by atoms with E-state index in [1.807, 2.05) is 32.3 Å². The minimum atomic E-state index is 0. The zero-order valence-electron chi connectivity index (χ0n) is 15.4. The van der Waals surface area contributed by atoms with Gasteiger partial charge in [-0.05, 0) is 45.6 Å². The molecule has 0 bridgehead atoms. The van der Waals surface area contributed by atoms with Crippen LogP contribution >= 0.6 is 24.0 Å². The molecule has 0 spiro atoms. The highest BCUT2D eigenvalue weighted by molar-refractivity contribution is 14.0. The summed E-state index contributed by atoms with van der Waals surface area (Å²) < 4.78 is 5.55. The SMILES string of the molecule is CCNC(=NCC(c1ccco1)N(C)C)NC(C)c1ccccc1.I. The van der Waals surface area contributed by atoms with Crippen LogP contribution in [0.15, 0.2) is 58.1 Å². The fraction of sp³-hybridized carbons (Fsp3) is 0.421. The lowest BCUT2D eigenvalue weighted by molar-refractivity contribution is 0.265. The first kappa shape index (κ1) is 21.5.